The third kappa shape index (κ3) is 7.49. The number of rotatable bonds is 10. The van der Waals surface area contributed by atoms with Gasteiger partial charge in [0.2, 0.25) is 0 Å². The topological polar surface area (TPSA) is 38.3 Å². The highest BCUT2D eigenvalue weighted by Crippen LogP contribution is 2.07. The van der Waals surface area contributed by atoms with Crippen LogP contribution in [0.25, 0.3) is 0 Å². The summed E-state index contributed by atoms with van der Waals surface area (Å²) < 4.78 is 4.74. The molecule has 1 unspecified atom stereocenters. The minimum Gasteiger partial charge on any atom is -0.466 e. The minimum absolute atomic E-state index is 0.208. The van der Waals surface area contributed by atoms with Gasteiger partial charge in [-0.2, -0.15) is 0 Å². The maximum atomic E-state index is 11.4. The van der Waals surface area contributed by atoms with Crippen molar-refractivity contribution < 1.29 is 9.53 Å². The zero-order valence-corrected chi connectivity index (χ0v) is 12.4. The van der Waals surface area contributed by atoms with Crippen LogP contribution in [0.4, 0.5) is 0 Å². The quantitative estimate of drug-likeness (QED) is 0.480. The summed E-state index contributed by atoms with van der Waals surface area (Å²) in [5.74, 6) is -0.208. The molecule has 3 heteroatoms. The number of carbonyl (C=O) groups is 1. The van der Waals surface area contributed by atoms with Gasteiger partial charge in [0, 0.05) is 18.2 Å². The van der Waals surface area contributed by atoms with Crippen molar-refractivity contribution in [2.75, 3.05) is 13.7 Å². The molecule has 0 saturated carbocycles. The van der Waals surface area contributed by atoms with E-state index in [1.165, 1.54) is 39.2 Å². The number of nitrogens with one attached hydrogen (secondary N) is 1. The van der Waals surface area contributed by atoms with Crippen LogP contribution in [-0.2, 0) is 9.53 Å². The molecule has 0 saturated heterocycles. The molecule has 0 aromatic rings. The molecule has 0 spiro atoms. The number of unbranched alkanes of at least 4 members (excludes halogenated alkanes) is 1. The SMILES string of the molecule is CCCCC(CCC)NC/C=C(/CC)C(=O)OC. The van der Waals surface area contributed by atoms with Crippen LogP contribution in [-0.4, -0.2) is 25.7 Å². The largest absolute Gasteiger partial charge is 0.466 e. The van der Waals surface area contributed by atoms with E-state index in [0.29, 0.717) is 6.04 Å². The Kier molecular flexibility index (Phi) is 10.8. The highest BCUT2D eigenvalue weighted by molar-refractivity contribution is 5.88. The van der Waals surface area contributed by atoms with E-state index in [-0.39, 0.29) is 5.97 Å². The van der Waals surface area contributed by atoms with Crippen LogP contribution in [0.1, 0.15) is 59.3 Å². The third-order valence-corrected chi connectivity index (χ3v) is 3.13. The number of hydrogen-bond donors (Lipinski definition) is 1. The maximum absolute atomic E-state index is 11.4. The van der Waals surface area contributed by atoms with E-state index in [4.69, 9.17) is 4.74 Å². The Morgan fingerprint density at radius 3 is 2.44 bits per heavy atom. The van der Waals surface area contributed by atoms with E-state index in [1.807, 2.05) is 13.0 Å². The molecule has 0 rings (SSSR count). The molecule has 0 bridgehead atoms. The van der Waals surface area contributed by atoms with Gasteiger partial charge in [0.05, 0.1) is 7.11 Å². The standard InChI is InChI=1S/C15H29NO2/c1-5-8-10-14(9-6-2)16-12-11-13(7-3)15(17)18-4/h11,14,16H,5-10,12H2,1-4H3/b13-11-. The second kappa shape index (κ2) is 11.3. The number of methoxy groups -OCH3 is 1. The van der Waals surface area contributed by atoms with E-state index >= 15 is 0 Å². The van der Waals surface area contributed by atoms with Gasteiger partial charge in [-0.3, -0.25) is 0 Å². The molecular formula is C15H29NO2. The number of ether oxygens (including phenoxy) is 1. The maximum Gasteiger partial charge on any atom is 0.333 e. The van der Waals surface area contributed by atoms with Gasteiger partial charge in [-0.05, 0) is 19.3 Å². The Labute approximate surface area is 112 Å². The summed E-state index contributed by atoms with van der Waals surface area (Å²) in [6.07, 6.45) is 8.80. The van der Waals surface area contributed by atoms with Crippen molar-refractivity contribution >= 4 is 5.97 Å². The van der Waals surface area contributed by atoms with Crippen LogP contribution in [0.3, 0.4) is 0 Å². The molecule has 106 valence electrons. The predicted molar refractivity (Wildman–Crippen MR) is 76.6 cm³/mol. The fourth-order valence-corrected chi connectivity index (χ4v) is 2.00. The van der Waals surface area contributed by atoms with Crippen LogP contribution in [0.2, 0.25) is 0 Å². The highest BCUT2D eigenvalue weighted by atomic mass is 16.5. The molecule has 18 heavy (non-hydrogen) atoms. The zero-order chi connectivity index (χ0) is 13.8. The molecule has 0 fully saturated rings. The van der Waals surface area contributed by atoms with E-state index in [2.05, 4.69) is 19.2 Å². The Bertz CT molecular complexity index is 249. The van der Waals surface area contributed by atoms with Crippen LogP contribution in [0.15, 0.2) is 11.6 Å². The summed E-state index contributed by atoms with van der Waals surface area (Å²) in [4.78, 5) is 11.4. The molecule has 3 nitrogen and oxygen atoms in total. The van der Waals surface area contributed by atoms with E-state index in [9.17, 15) is 4.79 Å². The molecule has 0 aliphatic rings. The van der Waals surface area contributed by atoms with Gasteiger partial charge in [-0.1, -0.05) is 46.1 Å². The van der Waals surface area contributed by atoms with E-state index in [1.54, 1.807) is 0 Å². The fraction of sp³-hybridized carbons (Fsp3) is 0.800. The lowest BCUT2D eigenvalue weighted by Gasteiger charge is -2.16. The molecule has 0 heterocycles. The first-order valence-electron chi connectivity index (χ1n) is 7.20. The Morgan fingerprint density at radius 1 is 1.22 bits per heavy atom. The van der Waals surface area contributed by atoms with Gasteiger partial charge in [0.25, 0.3) is 0 Å². The molecule has 1 atom stereocenters. The van der Waals surface area contributed by atoms with Gasteiger partial charge in [-0.25, -0.2) is 4.79 Å². The lowest BCUT2D eigenvalue weighted by molar-refractivity contribution is -0.136. The second-order valence-corrected chi connectivity index (χ2v) is 4.61. The summed E-state index contributed by atoms with van der Waals surface area (Å²) >= 11 is 0. The highest BCUT2D eigenvalue weighted by Gasteiger charge is 2.08. The lowest BCUT2D eigenvalue weighted by atomic mass is 10.1. The number of hydrogen-bond acceptors (Lipinski definition) is 3. The second-order valence-electron chi connectivity index (χ2n) is 4.61. The Hall–Kier alpha value is -0.830. The van der Waals surface area contributed by atoms with E-state index < -0.39 is 0 Å². The molecule has 0 aromatic heterocycles. The van der Waals surface area contributed by atoms with Crippen LogP contribution in [0.5, 0.6) is 0 Å². The van der Waals surface area contributed by atoms with Gasteiger partial charge < -0.3 is 10.1 Å². The van der Waals surface area contributed by atoms with Gasteiger partial charge in [0.1, 0.15) is 0 Å². The summed E-state index contributed by atoms with van der Waals surface area (Å²) in [5.41, 5.74) is 0.760. The van der Waals surface area contributed by atoms with Crippen LogP contribution >= 0.6 is 0 Å². The number of esters is 1. The molecular weight excluding hydrogens is 226 g/mol. The van der Waals surface area contributed by atoms with Crippen molar-refractivity contribution in [3.8, 4) is 0 Å². The first-order chi connectivity index (χ1) is 8.69. The average molecular weight is 255 g/mol. The number of carbonyl (C=O) groups excluding carboxylic acids is 1. The predicted octanol–water partition coefficient (Wildman–Crippen LogP) is 3.44. The Morgan fingerprint density at radius 2 is 1.94 bits per heavy atom. The average Bonchev–Trinajstić information content (AvgIpc) is 2.39. The molecule has 0 amide bonds. The van der Waals surface area contributed by atoms with Crippen LogP contribution in [0, 0.1) is 0 Å². The fourth-order valence-electron chi connectivity index (χ4n) is 2.00. The van der Waals surface area contributed by atoms with Crippen molar-refractivity contribution in [2.24, 2.45) is 0 Å². The monoisotopic (exact) mass is 255 g/mol. The lowest BCUT2D eigenvalue weighted by Crippen LogP contribution is -2.29. The Balaban J connectivity index is 4.15. The summed E-state index contributed by atoms with van der Waals surface area (Å²) in [6, 6.07) is 0.571. The van der Waals surface area contributed by atoms with Crippen molar-refractivity contribution in [2.45, 2.75) is 65.3 Å². The smallest absolute Gasteiger partial charge is 0.333 e. The first kappa shape index (κ1) is 17.2. The van der Waals surface area contributed by atoms with Gasteiger partial charge in [0.15, 0.2) is 0 Å². The summed E-state index contributed by atoms with van der Waals surface area (Å²) in [7, 11) is 1.43. The minimum atomic E-state index is -0.208. The third-order valence-electron chi connectivity index (χ3n) is 3.13. The zero-order valence-electron chi connectivity index (χ0n) is 12.4. The van der Waals surface area contributed by atoms with Crippen molar-refractivity contribution in [3.05, 3.63) is 11.6 Å². The molecule has 0 radical (unpaired) electrons. The van der Waals surface area contributed by atoms with Crippen molar-refractivity contribution in [1.82, 2.24) is 5.32 Å². The van der Waals surface area contributed by atoms with Gasteiger partial charge >= 0.3 is 5.97 Å². The molecule has 0 aliphatic carbocycles. The molecule has 1 N–H and O–H groups in total. The van der Waals surface area contributed by atoms with Gasteiger partial charge in [-0.15, -0.1) is 0 Å². The molecule has 0 aromatic carbocycles. The van der Waals surface area contributed by atoms with Crippen LogP contribution < -0.4 is 5.32 Å². The normalized spacial score (nSPS) is 13.4. The van der Waals surface area contributed by atoms with E-state index in [0.717, 1.165) is 18.5 Å². The first-order valence-corrected chi connectivity index (χ1v) is 7.20. The van der Waals surface area contributed by atoms with Crippen molar-refractivity contribution in [1.29, 1.82) is 0 Å². The van der Waals surface area contributed by atoms with Crippen molar-refractivity contribution in [3.63, 3.8) is 0 Å². The molecule has 0 aliphatic heterocycles. The summed E-state index contributed by atoms with van der Waals surface area (Å²) in [6.45, 7) is 7.16. The summed E-state index contributed by atoms with van der Waals surface area (Å²) in [5, 5.41) is 3.52.